The van der Waals surface area contributed by atoms with Crippen molar-refractivity contribution in [1.82, 2.24) is 0 Å². The van der Waals surface area contributed by atoms with Gasteiger partial charge in [0.2, 0.25) is 5.91 Å². The lowest BCUT2D eigenvalue weighted by Crippen LogP contribution is -2.26. The van der Waals surface area contributed by atoms with Gasteiger partial charge < -0.3 is 11.1 Å². The van der Waals surface area contributed by atoms with Crippen LogP contribution in [0.25, 0.3) is 0 Å². The number of hydrogen-bond acceptors (Lipinski definition) is 3. The number of benzene rings is 1. The van der Waals surface area contributed by atoms with Crippen LogP contribution >= 0.6 is 0 Å². The third kappa shape index (κ3) is 3.08. The van der Waals surface area contributed by atoms with Crippen molar-refractivity contribution in [3.8, 4) is 6.07 Å². The second-order valence-corrected chi connectivity index (χ2v) is 3.32. The van der Waals surface area contributed by atoms with Crippen LogP contribution in [0.4, 0.5) is 5.69 Å². The van der Waals surface area contributed by atoms with E-state index in [0.717, 1.165) is 0 Å². The lowest BCUT2D eigenvalue weighted by Gasteiger charge is -2.09. The molecule has 0 radical (unpaired) electrons. The highest BCUT2D eigenvalue weighted by atomic mass is 16.1. The number of nitriles is 1. The van der Waals surface area contributed by atoms with E-state index in [2.05, 4.69) is 5.32 Å². The van der Waals surface area contributed by atoms with E-state index in [0.29, 0.717) is 17.8 Å². The van der Waals surface area contributed by atoms with Crippen molar-refractivity contribution in [3.63, 3.8) is 0 Å². The molecule has 0 saturated heterocycles. The molecule has 0 aromatic heterocycles. The Kier molecular flexibility index (Phi) is 3.83. The molecule has 0 saturated carbocycles. The first-order valence-corrected chi connectivity index (χ1v) is 4.68. The zero-order valence-electron chi connectivity index (χ0n) is 8.53. The Morgan fingerprint density at radius 1 is 1.53 bits per heavy atom. The molecule has 3 N–H and O–H groups in total. The Labute approximate surface area is 88.7 Å². The summed E-state index contributed by atoms with van der Waals surface area (Å²) in [6.07, 6.45) is 0. The molecule has 4 heteroatoms. The molecule has 0 aliphatic carbocycles. The maximum Gasteiger partial charge on any atom is 0.228 e. The molecular formula is C11H13N3O. The summed E-state index contributed by atoms with van der Waals surface area (Å²) in [7, 11) is 0. The standard InChI is InChI=1S/C11H13N3O/c1-8(6-12)11(15)14-10-4-2-9(7-13)3-5-10/h2-5,8H,6,12H2,1H3,(H,14,15). The van der Waals surface area contributed by atoms with Crippen molar-refractivity contribution in [2.24, 2.45) is 11.7 Å². The summed E-state index contributed by atoms with van der Waals surface area (Å²) in [5, 5.41) is 11.3. The Bertz CT molecular complexity index is 378. The number of amides is 1. The van der Waals surface area contributed by atoms with Gasteiger partial charge in [0.1, 0.15) is 0 Å². The van der Waals surface area contributed by atoms with Gasteiger partial charge in [0.05, 0.1) is 11.6 Å². The molecule has 0 aliphatic heterocycles. The van der Waals surface area contributed by atoms with Gasteiger partial charge in [-0.25, -0.2) is 0 Å². The summed E-state index contributed by atoms with van der Waals surface area (Å²) in [5.74, 6) is -0.317. The number of hydrogen-bond donors (Lipinski definition) is 2. The largest absolute Gasteiger partial charge is 0.330 e. The van der Waals surface area contributed by atoms with Gasteiger partial charge in [0.25, 0.3) is 0 Å². The molecule has 0 heterocycles. The van der Waals surface area contributed by atoms with Crippen molar-refractivity contribution in [1.29, 1.82) is 5.26 Å². The molecule has 1 amide bonds. The highest BCUT2D eigenvalue weighted by Gasteiger charge is 2.10. The Morgan fingerprint density at radius 3 is 2.60 bits per heavy atom. The number of carbonyl (C=O) groups is 1. The molecule has 0 aliphatic rings. The van der Waals surface area contributed by atoms with E-state index in [1.807, 2.05) is 6.07 Å². The van der Waals surface area contributed by atoms with Crippen LogP contribution in [-0.4, -0.2) is 12.5 Å². The van der Waals surface area contributed by atoms with Crippen molar-refractivity contribution in [2.45, 2.75) is 6.92 Å². The molecule has 0 spiro atoms. The normalized spacial score (nSPS) is 11.5. The molecule has 1 unspecified atom stereocenters. The van der Waals surface area contributed by atoms with E-state index in [1.165, 1.54) is 0 Å². The van der Waals surface area contributed by atoms with Gasteiger partial charge in [-0.3, -0.25) is 4.79 Å². The maximum absolute atomic E-state index is 11.4. The Balaban J connectivity index is 2.66. The molecule has 0 bridgehead atoms. The van der Waals surface area contributed by atoms with Crippen LogP contribution in [-0.2, 0) is 4.79 Å². The lowest BCUT2D eigenvalue weighted by molar-refractivity contribution is -0.119. The second kappa shape index (κ2) is 5.13. The molecule has 4 nitrogen and oxygen atoms in total. The number of anilines is 1. The van der Waals surface area contributed by atoms with E-state index in [4.69, 9.17) is 11.0 Å². The van der Waals surface area contributed by atoms with E-state index in [-0.39, 0.29) is 11.8 Å². The van der Waals surface area contributed by atoms with Crippen molar-refractivity contribution in [3.05, 3.63) is 29.8 Å². The van der Waals surface area contributed by atoms with E-state index >= 15 is 0 Å². The highest BCUT2D eigenvalue weighted by Crippen LogP contribution is 2.09. The van der Waals surface area contributed by atoms with Crippen LogP contribution in [0.3, 0.4) is 0 Å². The summed E-state index contributed by atoms with van der Waals surface area (Å²) >= 11 is 0. The summed E-state index contributed by atoms with van der Waals surface area (Å²) in [6, 6.07) is 8.71. The number of carbonyl (C=O) groups excluding carboxylic acids is 1. The second-order valence-electron chi connectivity index (χ2n) is 3.32. The van der Waals surface area contributed by atoms with Gasteiger partial charge >= 0.3 is 0 Å². The predicted molar refractivity (Wildman–Crippen MR) is 58.0 cm³/mol. The fourth-order valence-electron chi connectivity index (χ4n) is 1.00. The first-order valence-electron chi connectivity index (χ1n) is 4.68. The molecule has 78 valence electrons. The zero-order valence-corrected chi connectivity index (χ0v) is 8.53. The first-order chi connectivity index (χ1) is 7.17. The average Bonchev–Trinajstić information content (AvgIpc) is 2.29. The lowest BCUT2D eigenvalue weighted by atomic mass is 10.1. The van der Waals surface area contributed by atoms with Crippen LogP contribution in [0.15, 0.2) is 24.3 Å². The zero-order chi connectivity index (χ0) is 11.3. The van der Waals surface area contributed by atoms with E-state index in [9.17, 15) is 4.79 Å². The molecule has 0 fully saturated rings. The van der Waals surface area contributed by atoms with Gasteiger partial charge in [-0.15, -0.1) is 0 Å². The van der Waals surface area contributed by atoms with Gasteiger partial charge in [-0.05, 0) is 24.3 Å². The SMILES string of the molecule is CC(CN)C(=O)Nc1ccc(C#N)cc1. The minimum atomic E-state index is -0.208. The van der Waals surface area contributed by atoms with Crippen LogP contribution in [0.5, 0.6) is 0 Å². The fourth-order valence-corrected chi connectivity index (χ4v) is 1.00. The molecular weight excluding hydrogens is 190 g/mol. The van der Waals surface area contributed by atoms with Crippen molar-refractivity contribution >= 4 is 11.6 Å². The Morgan fingerprint density at radius 2 is 2.13 bits per heavy atom. The number of rotatable bonds is 3. The number of nitrogens with two attached hydrogens (primary N) is 1. The minimum Gasteiger partial charge on any atom is -0.330 e. The van der Waals surface area contributed by atoms with E-state index in [1.54, 1.807) is 31.2 Å². The molecule has 1 atom stereocenters. The summed E-state index contributed by atoms with van der Waals surface area (Å²) < 4.78 is 0. The quantitative estimate of drug-likeness (QED) is 0.771. The molecule has 1 aromatic carbocycles. The van der Waals surface area contributed by atoms with Crippen LogP contribution in [0.1, 0.15) is 12.5 Å². The maximum atomic E-state index is 11.4. The van der Waals surface area contributed by atoms with Gasteiger partial charge in [0, 0.05) is 18.2 Å². The summed E-state index contributed by atoms with van der Waals surface area (Å²) in [6.45, 7) is 2.08. The summed E-state index contributed by atoms with van der Waals surface area (Å²) in [4.78, 5) is 11.4. The van der Waals surface area contributed by atoms with Crippen LogP contribution in [0.2, 0.25) is 0 Å². The molecule has 1 rings (SSSR count). The van der Waals surface area contributed by atoms with Crippen LogP contribution < -0.4 is 11.1 Å². The fraction of sp³-hybridized carbons (Fsp3) is 0.273. The van der Waals surface area contributed by atoms with Crippen LogP contribution in [0, 0.1) is 17.2 Å². The monoisotopic (exact) mass is 203 g/mol. The summed E-state index contributed by atoms with van der Waals surface area (Å²) in [5.41, 5.74) is 6.62. The third-order valence-corrected chi connectivity index (χ3v) is 2.08. The smallest absolute Gasteiger partial charge is 0.228 e. The predicted octanol–water partition coefficient (Wildman–Crippen LogP) is 1.09. The van der Waals surface area contributed by atoms with Gasteiger partial charge in [-0.2, -0.15) is 5.26 Å². The topological polar surface area (TPSA) is 78.9 Å². The van der Waals surface area contributed by atoms with Gasteiger partial charge in [-0.1, -0.05) is 6.92 Å². The number of nitrogens with one attached hydrogen (secondary N) is 1. The first kappa shape index (κ1) is 11.2. The molecule has 15 heavy (non-hydrogen) atoms. The van der Waals surface area contributed by atoms with E-state index < -0.39 is 0 Å². The van der Waals surface area contributed by atoms with Crippen molar-refractivity contribution in [2.75, 3.05) is 11.9 Å². The average molecular weight is 203 g/mol. The van der Waals surface area contributed by atoms with Gasteiger partial charge in [0.15, 0.2) is 0 Å². The number of nitrogens with zero attached hydrogens (tertiary/aromatic N) is 1. The third-order valence-electron chi connectivity index (χ3n) is 2.08. The minimum absolute atomic E-state index is 0.109. The Hall–Kier alpha value is -1.86. The van der Waals surface area contributed by atoms with Crippen molar-refractivity contribution < 1.29 is 4.79 Å². The molecule has 1 aromatic rings. The highest BCUT2D eigenvalue weighted by molar-refractivity contribution is 5.92.